The summed E-state index contributed by atoms with van der Waals surface area (Å²) in [4.78, 5) is 16.6. The zero-order chi connectivity index (χ0) is 20.1. The van der Waals surface area contributed by atoms with Gasteiger partial charge in [-0.3, -0.25) is 4.79 Å². The number of hydrogen-bond donors (Lipinski definition) is 1. The van der Waals surface area contributed by atoms with Gasteiger partial charge in [0.15, 0.2) is 11.5 Å². The number of nitrogens with one attached hydrogen (secondary N) is 1. The number of amides is 1. The number of carbonyl (C=O) groups is 1. The lowest BCUT2D eigenvalue weighted by atomic mass is 10.1. The van der Waals surface area contributed by atoms with Crippen molar-refractivity contribution in [3.63, 3.8) is 0 Å². The SMILES string of the molecule is COc1cc(Br)c(CC(=O)NC(C)c2ccc(-n3ccnc3)cc2)cc1OC. The molecule has 0 spiro atoms. The third-order valence-electron chi connectivity index (χ3n) is 4.48. The van der Waals surface area contributed by atoms with Crippen LogP contribution in [0.1, 0.15) is 24.1 Å². The lowest BCUT2D eigenvalue weighted by molar-refractivity contribution is -0.121. The van der Waals surface area contributed by atoms with Crippen molar-refractivity contribution in [3.8, 4) is 17.2 Å². The molecule has 1 aromatic heterocycles. The van der Waals surface area contributed by atoms with E-state index in [1.807, 2.05) is 48.0 Å². The Bertz CT molecular complexity index is 940. The standard InChI is InChI=1S/C21H22BrN3O3/c1-14(15-4-6-17(7-5-15)25-9-8-23-13-25)24-21(26)11-16-10-19(27-2)20(28-3)12-18(16)22/h4-10,12-14H,11H2,1-3H3,(H,24,26). The van der Waals surface area contributed by atoms with Gasteiger partial charge in [-0.25, -0.2) is 4.98 Å². The summed E-state index contributed by atoms with van der Waals surface area (Å²) >= 11 is 3.49. The fourth-order valence-electron chi connectivity index (χ4n) is 2.93. The highest BCUT2D eigenvalue weighted by molar-refractivity contribution is 9.10. The molecule has 2 aromatic carbocycles. The smallest absolute Gasteiger partial charge is 0.224 e. The second kappa shape index (κ2) is 8.93. The first-order valence-electron chi connectivity index (χ1n) is 8.80. The third kappa shape index (κ3) is 4.54. The molecule has 146 valence electrons. The molecule has 28 heavy (non-hydrogen) atoms. The summed E-state index contributed by atoms with van der Waals surface area (Å²) in [5.74, 6) is 1.14. The Morgan fingerprint density at radius 1 is 1.18 bits per heavy atom. The second-order valence-electron chi connectivity index (χ2n) is 6.33. The van der Waals surface area contributed by atoms with Gasteiger partial charge >= 0.3 is 0 Å². The summed E-state index contributed by atoms with van der Waals surface area (Å²) in [7, 11) is 3.15. The molecule has 0 fully saturated rings. The second-order valence-corrected chi connectivity index (χ2v) is 7.18. The average Bonchev–Trinajstić information content (AvgIpc) is 3.24. The van der Waals surface area contributed by atoms with Crippen LogP contribution in [-0.4, -0.2) is 29.7 Å². The number of carbonyl (C=O) groups excluding carboxylic acids is 1. The maximum absolute atomic E-state index is 12.5. The van der Waals surface area contributed by atoms with Crippen LogP contribution in [0.15, 0.2) is 59.6 Å². The Balaban J connectivity index is 1.66. The molecule has 0 aliphatic rings. The number of imidazole rings is 1. The summed E-state index contributed by atoms with van der Waals surface area (Å²) in [5, 5.41) is 3.04. The molecule has 7 heteroatoms. The van der Waals surface area contributed by atoms with E-state index in [4.69, 9.17) is 9.47 Å². The van der Waals surface area contributed by atoms with Gasteiger partial charge in [0, 0.05) is 22.6 Å². The Morgan fingerprint density at radius 3 is 2.46 bits per heavy atom. The molecule has 6 nitrogen and oxygen atoms in total. The molecule has 0 saturated carbocycles. The molecule has 1 heterocycles. The third-order valence-corrected chi connectivity index (χ3v) is 5.21. The van der Waals surface area contributed by atoms with E-state index in [1.165, 1.54) is 0 Å². The molecule has 1 atom stereocenters. The minimum Gasteiger partial charge on any atom is -0.493 e. The molecule has 0 bridgehead atoms. The van der Waals surface area contributed by atoms with E-state index in [2.05, 4.69) is 26.2 Å². The molecule has 3 rings (SSSR count). The number of methoxy groups -OCH3 is 2. The molecule has 0 aliphatic carbocycles. The summed E-state index contributed by atoms with van der Waals surface area (Å²) in [5.41, 5.74) is 2.88. The molecule has 3 aromatic rings. The van der Waals surface area contributed by atoms with Gasteiger partial charge in [0.05, 0.1) is 33.0 Å². The van der Waals surface area contributed by atoms with Gasteiger partial charge in [-0.2, -0.15) is 0 Å². The molecule has 0 aliphatic heterocycles. The number of rotatable bonds is 7. The van der Waals surface area contributed by atoms with E-state index in [-0.39, 0.29) is 18.4 Å². The fraction of sp³-hybridized carbons (Fsp3) is 0.238. The Hall–Kier alpha value is -2.80. The maximum Gasteiger partial charge on any atom is 0.224 e. The molecule has 1 unspecified atom stereocenters. The Morgan fingerprint density at radius 2 is 1.86 bits per heavy atom. The highest BCUT2D eigenvalue weighted by atomic mass is 79.9. The van der Waals surface area contributed by atoms with E-state index in [9.17, 15) is 4.79 Å². The van der Waals surface area contributed by atoms with E-state index in [1.54, 1.807) is 32.8 Å². The number of halogens is 1. The highest BCUT2D eigenvalue weighted by Gasteiger charge is 2.15. The minimum atomic E-state index is -0.108. The van der Waals surface area contributed by atoms with E-state index in [0.29, 0.717) is 11.5 Å². The number of aromatic nitrogens is 2. The van der Waals surface area contributed by atoms with Gasteiger partial charge in [0.25, 0.3) is 0 Å². The van der Waals surface area contributed by atoms with Crippen molar-refractivity contribution in [2.75, 3.05) is 14.2 Å². The van der Waals surface area contributed by atoms with Gasteiger partial charge in [0.2, 0.25) is 5.91 Å². The van der Waals surface area contributed by atoms with Crippen molar-refractivity contribution >= 4 is 21.8 Å². The van der Waals surface area contributed by atoms with Crippen molar-refractivity contribution in [1.29, 1.82) is 0 Å². The van der Waals surface area contributed by atoms with Crippen molar-refractivity contribution < 1.29 is 14.3 Å². The first-order chi connectivity index (χ1) is 13.5. The molecule has 1 N–H and O–H groups in total. The number of benzene rings is 2. The van der Waals surface area contributed by atoms with Crippen LogP contribution in [0.4, 0.5) is 0 Å². The van der Waals surface area contributed by atoms with Gasteiger partial charge in [-0.15, -0.1) is 0 Å². The Kier molecular flexibility index (Phi) is 6.36. The normalized spacial score (nSPS) is 11.7. The number of ether oxygens (including phenoxy) is 2. The first kappa shape index (κ1) is 19.9. The van der Waals surface area contributed by atoms with Gasteiger partial charge in [0.1, 0.15) is 0 Å². The first-order valence-corrected chi connectivity index (χ1v) is 9.59. The summed E-state index contributed by atoms with van der Waals surface area (Å²) < 4.78 is 13.3. The lowest BCUT2D eigenvalue weighted by Crippen LogP contribution is -2.28. The van der Waals surface area contributed by atoms with Gasteiger partial charge in [-0.05, 0) is 42.3 Å². The van der Waals surface area contributed by atoms with Crippen LogP contribution in [0.5, 0.6) is 11.5 Å². The van der Waals surface area contributed by atoms with Gasteiger partial charge < -0.3 is 19.4 Å². The van der Waals surface area contributed by atoms with Gasteiger partial charge in [-0.1, -0.05) is 28.1 Å². The molecular formula is C21H22BrN3O3. The van der Waals surface area contributed by atoms with E-state index >= 15 is 0 Å². The fourth-order valence-corrected chi connectivity index (χ4v) is 3.39. The van der Waals surface area contributed by atoms with Crippen molar-refractivity contribution in [2.24, 2.45) is 0 Å². The highest BCUT2D eigenvalue weighted by Crippen LogP contribution is 2.33. The zero-order valence-corrected chi connectivity index (χ0v) is 17.6. The predicted molar refractivity (Wildman–Crippen MR) is 111 cm³/mol. The van der Waals surface area contributed by atoms with Crippen LogP contribution >= 0.6 is 15.9 Å². The van der Waals surface area contributed by atoms with Crippen molar-refractivity contribution in [3.05, 3.63) is 70.7 Å². The van der Waals surface area contributed by atoms with Crippen LogP contribution in [0.2, 0.25) is 0 Å². The quantitative estimate of drug-likeness (QED) is 0.597. The Labute approximate surface area is 172 Å². The van der Waals surface area contributed by atoms with Crippen LogP contribution in [0.3, 0.4) is 0 Å². The summed E-state index contributed by atoms with van der Waals surface area (Å²) in [6, 6.07) is 11.5. The molecular weight excluding hydrogens is 422 g/mol. The number of nitrogens with zero attached hydrogens (tertiary/aromatic N) is 2. The van der Waals surface area contributed by atoms with Crippen LogP contribution in [-0.2, 0) is 11.2 Å². The van der Waals surface area contributed by atoms with Crippen LogP contribution in [0.25, 0.3) is 5.69 Å². The zero-order valence-electron chi connectivity index (χ0n) is 16.0. The molecule has 0 radical (unpaired) electrons. The van der Waals surface area contributed by atoms with Crippen LogP contribution in [0, 0.1) is 0 Å². The number of hydrogen-bond acceptors (Lipinski definition) is 4. The largest absolute Gasteiger partial charge is 0.493 e. The molecule has 1 amide bonds. The van der Waals surface area contributed by atoms with Crippen molar-refractivity contribution in [2.45, 2.75) is 19.4 Å². The van der Waals surface area contributed by atoms with Crippen LogP contribution < -0.4 is 14.8 Å². The summed E-state index contributed by atoms with van der Waals surface area (Å²) in [6.07, 6.45) is 5.61. The molecule has 0 saturated heterocycles. The van der Waals surface area contributed by atoms with E-state index in [0.717, 1.165) is 21.3 Å². The average molecular weight is 444 g/mol. The minimum absolute atomic E-state index is 0.0703. The van der Waals surface area contributed by atoms with E-state index < -0.39 is 0 Å². The maximum atomic E-state index is 12.5. The van der Waals surface area contributed by atoms with Crippen molar-refractivity contribution in [1.82, 2.24) is 14.9 Å². The monoisotopic (exact) mass is 443 g/mol. The lowest BCUT2D eigenvalue weighted by Gasteiger charge is -2.16. The summed E-state index contributed by atoms with van der Waals surface area (Å²) in [6.45, 7) is 1.97. The topological polar surface area (TPSA) is 65.4 Å². The predicted octanol–water partition coefficient (Wildman–Crippen LogP) is 4.07.